The van der Waals surface area contributed by atoms with Gasteiger partial charge in [-0.2, -0.15) is 0 Å². The molecular formula is C15H29N. The molecule has 1 fully saturated rings. The monoisotopic (exact) mass is 223 g/mol. The molecule has 0 aromatic carbocycles. The fourth-order valence-corrected chi connectivity index (χ4v) is 3.29. The van der Waals surface area contributed by atoms with Gasteiger partial charge >= 0.3 is 0 Å². The summed E-state index contributed by atoms with van der Waals surface area (Å²) in [6.07, 6.45) is 8.61. The van der Waals surface area contributed by atoms with Crippen LogP contribution < -0.4 is 5.32 Å². The normalized spacial score (nSPS) is 31.4. The summed E-state index contributed by atoms with van der Waals surface area (Å²) >= 11 is 0. The molecule has 3 atom stereocenters. The molecule has 1 rings (SSSR count). The van der Waals surface area contributed by atoms with Crippen molar-refractivity contribution in [2.24, 2.45) is 17.3 Å². The first kappa shape index (κ1) is 13.8. The van der Waals surface area contributed by atoms with Crippen LogP contribution in [-0.2, 0) is 0 Å². The molecule has 0 radical (unpaired) electrons. The lowest BCUT2D eigenvalue weighted by atomic mass is 9.65. The highest BCUT2D eigenvalue weighted by Gasteiger charge is 2.37. The van der Waals surface area contributed by atoms with E-state index in [2.05, 4.69) is 45.8 Å². The van der Waals surface area contributed by atoms with Crippen LogP contribution in [0.15, 0.2) is 12.7 Å². The molecule has 0 aromatic rings. The molecular weight excluding hydrogens is 194 g/mol. The van der Waals surface area contributed by atoms with Gasteiger partial charge in [-0.05, 0) is 50.0 Å². The van der Waals surface area contributed by atoms with Crippen LogP contribution in [0, 0.1) is 17.3 Å². The Labute approximate surface area is 102 Å². The van der Waals surface area contributed by atoms with Gasteiger partial charge in [0, 0.05) is 6.04 Å². The SMILES string of the molecule is C=CCCC(C)(C)C1CCC(C)CC1NC. The molecule has 0 aromatic heterocycles. The Hall–Kier alpha value is -0.300. The van der Waals surface area contributed by atoms with Gasteiger partial charge in [0.05, 0.1) is 0 Å². The summed E-state index contributed by atoms with van der Waals surface area (Å²) in [5.41, 5.74) is 0.446. The molecule has 1 nitrogen and oxygen atoms in total. The maximum Gasteiger partial charge on any atom is 0.00999 e. The smallest absolute Gasteiger partial charge is 0.00999 e. The summed E-state index contributed by atoms with van der Waals surface area (Å²) in [6.45, 7) is 11.1. The van der Waals surface area contributed by atoms with Gasteiger partial charge in [0.25, 0.3) is 0 Å². The molecule has 0 saturated heterocycles. The van der Waals surface area contributed by atoms with Crippen molar-refractivity contribution in [3.63, 3.8) is 0 Å². The highest BCUT2D eigenvalue weighted by atomic mass is 14.9. The minimum atomic E-state index is 0.446. The molecule has 0 bridgehead atoms. The van der Waals surface area contributed by atoms with Gasteiger partial charge < -0.3 is 5.32 Å². The van der Waals surface area contributed by atoms with Gasteiger partial charge in [-0.15, -0.1) is 6.58 Å². The molecule has 1 aliphatic rings. The average Bonchev–Trinajstić information content (AvgIpc) is 2.26. The van der Waals surface area contributed by atoms with Crippen LogP contribution in [0.4, 0.5) is 0 Å². The van der Waals surface area contributed by atoms with Crippen molar-refractivity contribution in [3.05, 3.63) is 12.7 Å². The molecule has 1 N–H and O–H groups in total. The fourth-order valence-electron chi connectivity index (χ4n) is 3.29. The Bertz CT molecular complexity index is 219. The van der Waals surface area contributed by atoms with E-state index in [1.54, 1.807) is 0 Å². The molecule has 1 aliphatic carbocycles. The second-order valence-electron chi connectivity index (χ2n) is 6.24. The molecule has 3 unspecified atom stereocenters. The van der Waals surface area contributed by atoms with Crippen LogP contribution in [0.2, 0.25) is 0 Å². The molecule has 0 spiro atoms. The summed E-state index contributed by atoms with van der Waals surface area (Å²) < 4.78 is 0. The zero-order valence-electron chi connectivity index (χ0n) is 11.6. The predicted octanol–water partition coefficient (Wildman–Crippen LogP) is 4.00. The maximum absolute atomic E-state index is 3.84. The molecule has 94 valence electrons. The average molecular weight is 223 g/mol. The van der Waals surface area contributed by atoms with Gasteiger partial charge in [0.1, 0.15) is 0 Å². The van der Waals surface area contributed by atoms with Crippen LogP contribution in [0.5, 0.6) is 0 Å². The Balaban J connectivity index is 2.64. The van der Waals surface area contributed by atoms with E-state index in [0.717, 1.165) is 18.3 Å². The van der Waals surface area contributed by atoms with E-state index in [1.807, 2.05) is 0 Å². The Kier molecular flexibility index (Phi) is 5.04. The van der Waals surface area contributed by atoms with Crippen molar-refractivity contribution < 1.29 is 0 Å². The number of nitrogens with one attached hydrogen (secondary N) is 1. The maximum atomic E-state index is 3.84. The lowest BCUT2D eigenvalue weighted by molar-refractivity contribution is 0.0913. The number of hydrogen-bond acceptors (Lipinski definition) is 1. The van der Waals surface area contributed by atoms with Crippen LogP contribution in [0.3, 0.4) is 0 Å². The second kappa shape index (κ2) is 5.86. The lowest BCUT2D eigenvalue weighted by Crippen LogP contribution is -2.45. The third kappa shape index (κ3) is 3.35. The highest BCUT2D eigenvalue weighted by Crippen LogP contribution is 2.42. The van der Waals surface area contributed by atoms with E-state index >= 15 is 0 Å². The summed E-state index contributed by atoms with van der Waals surface area (Å²) in [4.78, 5) is 0. The first-order chi connectivity index (χ1) is 7.51. The zero-order valence-corrected chi connectivity index (χ0v) is 11.6. The number of hydrogen-bond donors (Lipinski definition) is 1. The molecule has 16 heavy (non-hydrogen) atoms. The molecule has 1 saturated carbocycles. The highest BCUT2D eigenvalue weighted by molar-refractivity contribution is 4.92. The summed E-state index contributed by atoms with van der Waals surface area (Å²) in [6, 6.07) is 0.712. The Morgan fingerprint density at radius 1 is 1.38 bits per heavy atom. The third-order valence-electron chi connectivity index (χ3n) is 4.48. The lowest BCUT2D eigenvalue weighted by Gasteiger charge is -2.44. The van der Waals surface area contributed by atoms with E-state index in [1.165, 1.54) is 25.7 Å². The van der Waals surface area contributed by atoms with E-state index < -0.39 is 0 Å². The standard InChI is InChI=1S/C15H29N/c1-6-7-10-15(3,4)13-9-8-12(2)11-14(13)16-5/h6,12-14,16H,1,7-11H2,2-5H3. The fraction of sp³-hybridized carbons (Fsp3) is 0.867. The van der Waals surface area contributed by atoms with Crippen LogP contribution >= 0.6 is 0 Å². The van der Waals surface area contributed by atoms with E-state index in [4.69, 9.17) is 0 Å². The summed E-state index contributed by atoms with van der Waals surface area (Å²) in [5, 5.41) is 3.54. The van der Waals surface area contributed by atoms with Crippen molar-refractivity contribution in [2.45, 2.75) is 58.9 Å². The second-order valence-corrected chi connectivity index (χ2v) is 6.24. The topological polar surface area (TPSA) is 12.0 Å². The van der Waals surface area contributed by atoms with Crippen molar-refractivity contribution in [2.75, 3.05) is 7.05 Å². The molecule has 1 heteroatoms. The number of allylic oxidation sites excluding steroid dienone is 1. The number of rotatable bonds is 5. The van der Waals surface area contributed by atoms with Gasteiger partial charge in [-0.3, -0.25) is 0 Å². The summed E-state index contributed by atoms with van der Waals surface area (Å²) in [7, 11) is 2.12. The zero-order chi connectivity index (χ0) is 12.2. The van der Waals surface area contributed by atoms with Crippen LogP contribution in [-0.4, -0.2) is 13.1 Å². The van der Waals surface area contributed by atoms with E-state index in [0.29, 0.717) is 11.5 Å². The first-order valence-electron chi connectivity index (χ1n) is 6.79. The molecule has 0 aliphatic heterocycles. The Morgan fingerprint density at radius 2 is 2.06 bits per heavy atom. The Morgan fingerprint density at radius 3 is 2.62 bits per heavy atom. The van der Waals surface area contributed by atoms with Crippen molar-refractivity contribution in [1.29, 1.82) is 0 Å². The third-order valence-corrected chi connectivity index (χ3v) is 4.48. The van der Waals surface area contributed by atoms with Crippen LogP contribution in [0.25, 0.3) is 0 Å². The van der Waals surface area contributed by atoms with Gasteiger partial charge in [0.15, 0.2) is 0 Å². The van der Waals surface area contributed by atoms with E-state index in [-0.39, 0.29) is 0 Å². The van der Waals surface area contributed by atoms with Gasteiger partial charge in [-0.1, -0.05) is 33.3 Å². The largest absolute Gasteiger partial charge is 0.317 e. The molecule has 0 amide bonds. The minimum Gasteiger partial charge on any atom is -0.317 e. The van der Waals surface area contributed by atoms with Crippen molar-refractivity contribution >= 4 is 0 Å². The minimum absolute atomic E-state index is 0.446. The summed E-state index contributed by atoms with van der Waals surface area (Å²) in [5.74, 6) is 1.72. The van der Waals surface area contributed by atoms with Crippen LogP contribution in [0.1, 0.15) is 52.9 Å². The molecule has 0 heterocycles. The predicted molar refractivity (Wildman–Crippen MR) is 72.6 cm³/mol. The van der Waals surface area contributed by atoms with Crippen molar-refractivity contribution in [1.82, 2.24) is 5.32 Å². The van der Waals surface area contributed by atoms with Gasteiger partial charge in [0.2, 0.25) is 0 Å². The van der Waals surface area contributed by atoms with Gasteiger partial charge in [-0.25, -0.2) is 0 Å². The van der Waals surface area contributed by atoms with E-state index in [9.17, 15) is 0 Å². The quantitative estimate of drug-likeness (QED) is 0.695. The first-order valence-corrected chi connectivity index (χ1v) is 6.79. The van der Waals surface area contributed by atoms with Crippen molar-refractivity contribution in [3.8, 4) is 0 Å².